The molecule has 7 heteroatoms. The molecule has 0 radical (unpaired) electrons. The molecule has 1 saturated heterocycles. The first kappa shape index (κ1) is 20.8. The number of hydrogen-bond donors (Lipinski definition) is 0. The highest BCUT2D eigenvalue weighted by Crippen LogP contribution is 2.41. The maximum atomic E-state index is 5.90. The average molecular weight is 408 g/mol. The van der Waals surface area contributed by atoms with Gasteiger partial charge in [0.05, 0.1) is 38.5 Å². The molecule has 0 aliphatic carbocycles. The number of benzene rings is 1. The number of halogens is 1. The monoisotopic (exact) mass is 407 g/mol. The molecular weight excluding hydrogens is 378 g/mol. The fraction of sp³-hybridized carbons (Fsp3) is 0.571. The highest BCUT2D eigenvalue weighted by atomic mass is 35.5. The number of aromatic nitrogens is 2. The van der Waals surface area contributed by atoms with Gasteiger partial charge in [-0.1, -0.05) is 6.92 Å². The second-order valence-corrected chi connectivity index (χ2v) is 7.31. The summed E-state index contributed by atoms with van der Waals surface area (Å²) in [5.41, 5.74) is 2.06. The fourth-order valence-corrected chi connectivity index (χ4v) is 4.04. The molecule has 2 aromatic rings. The van der Waals surface area contributed by atoms with Crippen LogP contribution in [0, 0.1) is 0 Å². The van der Waals surface area contributed by atoms with Gasteiger partial charge >= 0.3 is 0 Å². The molecule has 6 nitrogen and oxygen atoms in total. The van der Waals surface area contributed by atoms with Crippen LogP contribution in [0.15, 0.2) is 24.7 Å². The van der Waals surface area contributed by atoms with Crippen molar-refractivity contribution in [3.05, 3.63) is 24.7 Å². The van der Waals surface area contributed by atoms with E-state index < -0.39 is 0 Å². The first-order valence-electron chi connectivity index (χ1n) is 10.0. The van der Waals surface area contributed by atoms with Gasteiger partial charge in [0.2, 0.25) is 0 Å². The van der Waals surface area contributed by atoms with Gasteiger partial charge in [-0.25, -0.2) is 4.98 Å². The minimum Gasteiger partial charge on any atom is -0.496 e. The maximum absolute atomic E-state index is 5.90. The summed E-state index contributed by atoms with van der Waals surface area (Å²) < 4.78 is 19.7. The van der Waals surface area contributed by atoms with Crippen molar-refractivity contribution >= 4 is 12.4 Å². The molecule has 1 atom stereocenters. The Kier molecular flexibility index (Phi) is 7.08. The summed E-state index contributed by atoms with van der Waals surface area (Å²) in [5.74, 6) is 2.32. The highest BCUT2D eigenvalue weighted by Gasteiger charge is 2.23. The maximum Gasteiger partial charge on any atom is 0.164 e. The van der Waals surface area contributed by atoms with E-state index in [1.54, 1.807) is 7.11 Å². The summed E-state index contributed by atoms with van der Waals surface area (Å²) in [6, 6.07) is 4.37. The molecule has 28 heavy (non-hydrogen) atoms. The van der Waals surface area contributed by atoms with E-state index in [9.17, 15) is 0 Å². The zero-order valence-corrected chi connectivity index (χ0v) is 17.5. The summed E-state index contributed by atoms with van der Waals surface area (Å²) in [4.78, 5) is 7.02. The number of imidazole rings is 1. The molecule has 0 amide bonds. The Morgan fingerprint density at radius 2 is 1.82 bits per heavy atom. The molecule has 0 saturated carbocycles. The van der Waals surface area contributed by atoms with Crippen molar-refractivity contribution in [2.24, 2.45) is 0 Å². The minimum atomic E-state index is 0. The summed E-state index contributed by atoms with van der Waals surface area (Å²) in [5, 5.41) is 0. The standard InChI is InChI=1S/C21H29N3O3.ClH/c1-3-16(14-23-7-4-5-8-23)24-15-22-13-18(24)17-11-20-21(12-19(17)25-2)27-10-6-9-26-20;/h11-13,15-16H,3-10,14H2,1-2H3;1H. The van der Waals surface area contributed by atoms with E-state index >= 15 is 0 Å². The topological polar surface area (TPSA) is 48.8 Å². The van der Waals surface area contributed by atoms with Gasteiger partial charge in [-0.3, -0.25) is 0 Å². The van der Waals surface area contributed by atoms with Crippen LogP contribution in [0.3, 0.4) is 0 Å². The van der Waals surface area contributed by atoms with Gasteiger partial charge in [-0.15, -0.1) is 12.4 Å². The van der Waals surface area contributed by atoms with Gasteiger partial charge in [0.25, 0.3) is 0 Å². The van der Waals surface area contributed by atoms with Crippen LogP contribution >= 0.6 is 12.4 Å². The van der Waals surface area contributed by atoms with E-state index in [1.165, 1.54) is 25.9 Å². The Balaban J connectivity index is 0.00000225. The van der Waals surface area contributed by atoms with Crippen LogP contribution in [0.4, 0.5) is 0 Å². The van der Waals surface area contributed by atoms with E-state index in [2.05, 4.69) is 21.4 Å². The Bertz CT molecular complexity index is 774. The Hall–Kier alpha value is -1.92. The van der Waals surface area contributed by atoms with Crippen molar-refractivity contribution in [2.45, 2.75) is 38.6 Å². The second-order valence-electron chi connectivity index (χ2n) is 7.31. The van der Waals surface area contributed by atoms with Crippen LogP contribution in [-0.2, 0) is 0 Å². The number of methoxy groups -OCH3 is 1. The van der Waals surface area contributed by atoms with Crippen LogP contribution < -0.4 is 14.2 Å². The Morgan fingerprint density at radius 1 is 1.11 bits per heavy atom. The molecule has 1 fully saturated rings. The summed E-state index contributed by atoms with van der Waals surface area (Å²) in [6.45, 7) is 7.05. The van der Waals surface area contributed by atoms with Gasteiger partial charge in [0.15, 0.2) is 11.5 Å². The third-order valence-electron chi connectivity index (χ3n) is 5.54. The van der Waals surface area contributed by atoms with E-state index in [1.807, 2.05) is 24.7 Å². The quantitative estimate of drug-likeness (QED) is 0.718. The molecule has 0 bridgehead atoms. The van der Waals surface area contributed by atoms with E-state index in [0.717, 1.165) is 47.9 Å². The van der Waals surface area contributed by atoms with Crippen molar-refractivity contribution < 1.29 is 14.2 Å². The fourth-order valence-electron chi connectivity index (χ4n) is 4.04. The lowest BCUT2D eigenvalue weighted by Gasteiger charge is -2.25. The van der Waals surface area contributed by atoms with Gasteiger partial charge in [-0.2, -0.15) is 0 Å². The summed E-state index contributed by atoms with van der Waals surface area (Å²) in [7, 11) is 1.70. The number of likely N-dealkylation sites (tertiary alicyclic amines) is 1. The minimum absolute atomic E-state index is 0. The smallest absolute Gasteiger partial charge is 0.164 e. The van der Waals surface area contributed by atoms with Crippen molar-refractivity contribution in [2.75, 3.05) is 40.0 Å². The normalized spacial score (nSPS) is 17.6. The molecule has 1 aromatic heterocycles. The lowest BCUT2D eigenvalue weighted by atomic mass is 10.1. The van der Waals surface area contributed by atoms with Crippen LogP contribution in [0.5, 0.6) is 17.2 Å². The zero-order chi connectivity index (χ0) is 18.6. The lowest BCUT2D eigenvalue weighted by Crippen LogP contribution is -2.28. The molecule has 0 N–H and O–H groups in total. The van der Waals surface area contributed by atoms with Gasteiger partial charge in [0.1, 0.15) is 5.75 Å². The van der Waals surface area contributed by atoms with E-state index in [4.69, 9.17) is 14.2 Å². The van der Waals surface area contributed by atoms with Crippen molar-refractivity contribution in [3.8, 4) is 28.5 Å². The van der Waals surface area contributed by atoms with Gasteiger partial charge in [0, 0.05) is 30.6 Å². The van der Waals surface area contributed by atoms with E-state index in [-0.39, 0.29) is 12.4 Å². The molecular formula is C21H30ClN3O3. The largest absolute Gasteiger partial charge is 0.496 e. The number of fused-ring (bicyclic) bond motifs is 1. The lowest BCUT2D eigenvalue weighted by molar-refractivity contribution is 0.273. The first-order chi connectivity index (χ1) is 13.3. The number of rotatable bonds is 6. The predicted octanol–water partition coefficient (Wildman–Crippen LogP) is 4.19. The third kappa shape index (κ3) is 4.23. The molecule has 1 unspecified atom stereocenters. The van der Waals surface area contributed by atoms with Crippen molar-refractivity contribution in [1.82, 2.24) is 14.5 Å². The Labute approximate surface area is 173 Å². The molecule has 0 spiro atoms. The Morgan fingerprint density at radius 3 is 2.50 bits per heavy atom. The molecule has 2 aliphatic heterocycles. The van der Waals surface area contributed by atoms with Gasteiger partial charge < -0.3 is 23.7 Å². The van der Waals surface area contributed by atoms with Crippen molar-refractivity contribution in [1.29, 1.82) is 0 Å². The first-order valence-corrected chi connectivity index (χ1v) is 10.0. The van der Waals surface area contributed by atoms with Crippen LogP contribution in [-0.4, -0.2) is 54.4 Å². The highest BCUT2D eigenvalue weighted by molar-refractivity contribution is 5.85. The molecule has 4 rings (SSSR count). The third-order valence-corrected chi connectivity index (χ3v) is 5.54. The van der Waals surface area contributed by atoms with E-state index in [0.29, 0.717) is 19.3 Å². The van der Waals surface area contributed by atoms with Gasteiger partial charge in [-0.05, 0) is 38.4 Å². The van der Waals surface area contributed by atoms with Crippen LogP contribution in [0.25, 0.3) is 11.3 Å². The number of nitrogens with zero attached hydrogens (tertiary/aromatic N) is 3. The predicted molar refractivity (Wildman–Crippen MR) is 112 cm³/mol. The number of hydrogen-bond acceptors (Lipinski definition) is 5. The zero-order valence-electron chi connectivity index (χ0n) is 16.7. The molecule has 3 heterocycles. The second kappa shape index (κ2) is 9.52. The summed E-state index contributed by atoms with van der Waals surface area (Å²) >= 11 is 0. The molecule has 2 aliphatic rings. The SMILES string of the molecule is CCC(CN1CCCC1)n1cncc1-c1cc2c(cc1OC)OCCCO2.Cl. The van der Waals surface area contributed by atoms with Crippen LogP contribution in [0.1, 0.15) is 38.6 Å². The molecule has 154 valence electrons. The number of ether oxygens (including phenoxy) is 3. The van der Waals surface area contributed by atoms with Crippen LogP contribution in [0.2, 0.25) is 0 Å². The molecule has 1 aromatic carbocycles. The van der Waals surface area contributed by atoms with Crippen molar-refractivity contribution in [3.63, 3.8) is 0 Å². The average Bonchev–Trinajstić information content (AvgIpc) is 3.33. The summed E-state index contributed by atoms with van der Waals surface area (Å²) in [6.07, 6.45) is 8.44.